The third kappa shape index (κ3) is 4.13. The number of fused-ring (bicyclic) bond motifs is 1. The lowest BCUT2D eigenvalue weighted by Crippen LogP contribution is -2.42. The summed E-state index contributed by atoms with van der Waals surface area (Å²) in [6.07, 6.45) is 2.84. The number of hydrogen-bond acceptors (Lipinski definition) is 4. The fourth-order valence-corrected chi connectivity index (χ4v) is 3.49. The van der Waals surface area contributed by atoms with Gasteiger partial charge in [0.1, 0.15) is 5.82 Å². The van der Waals surface area contributed by atoms with Crippen LogP contribution in [0.5, 0.6) is 0 Å². The number of sulfonamides is 1. The molecule has 1 atom stereocenters. The molecule has 1 N–H and O–H groups in total. The number of nitrogens with zero attached hydrogens (tertiary/aromatic N) is 3. The molecule has 0 amide bonds. The second-order valence-corrected chi connectivity index (χ2v) is 8.20. The maximum atomic E-state index is 13.6. The van der Waals surface area contributed by atoms with Gasteiger partial charge in [0.2, 0.25) is 10.0 Å². The normalized spacial score (nSPS) is 18.5. The predicted octanol–water partition coefficient (Wildman–Crippen LogP) is 1.78. The summed E-state index contributed by atoms with van der Waals surface area (Å²) in [6, 6.07) is 6.56. The fraction of sp³-hybridized carbons (Fsp3) is 0.400. The van der Waals surface area contributed by atoms with E-state index in [1.807, 2.05) is 10.7 Å². The first-order chi connectivity index (χ1) is 11.3. The van der Waals surface area contributed by atoms with Gasteiger partial charge in [0.05, 0.1) is 23.0 Å². The van der Waals surface area contributed by atoms with Crippen LogP contribution in [-0.4, -0.2) is 42.4 Å². The van der Waals surface area contributed by atoms with Crippen molar-refractivity contribution in [2.75, 3.05) is 19.3 Å². The van der Waals surface area contributed by atoms with Crippen LogP contribution < -0.4 is 4.72 Å². The molecule has 24 heavy (non-hydrogen) atoms. The molecule has 0 aliphatic carbocycles. The number of aromatic nitrogens is 2. The monoisotopic (exact) mass is 372 g/mol. The average molecular weight is 373 g/mol. The van der Waals surface area contributed by atoms with Crippen LogP contribution in [0.3, 0.4) is 0 Å². The van der Waals surface area contributed by atoms with Gasteiger partial charge in [-0.15, -0.1) is 0 Å². The molecule has 1 aromatic carbocycles. The first-order valence-electron chi connectivity index (χ1n) is 7.45. The second-order valence-electron chi connectivity index (χ2n) is 5.96. The van der Waals surface area contributed by atoms with Gasteiger partial charge in [0.15, 0.2) is 0 Å². The number of benzene rings is 1. The molecule has 130 valence electrons. The maximum absolute atomic E-state index is 13.6. The minimum Gasteiger partial charge on any atom is -0.291 e. The van der Waals surface area contributed by atoms with Crippen molar-refractivity contribution in [1.29, 1.82) is 0 Å². The minimum atomic E-state index is -3.27. The summed E-state index contributed by atoms with van der Waals surface area (Å²) < 4.78 is 40.7. The van der Waals surface area contributed by atoms with Crippen molar-refractivity contribution in [1.82, 2.24) is 19.4 Å². The molecule has 6 nitrogen and oxygen atoms in total. The van der Waals surface area contributed by atoms with Crippen LogP contribution in [0.2, 0.25) is 5.02 Å². The molecular weight excluding hydrogens is 355 g/mol. The summed E-state index contributed by atoms with van der Waals surface area (Å²) in [5.74, 6) is -0.438. The Morgan fingerprint density at radius 1 is 1.42 bits per heavy atom. The van der Waals surface area contributed by atoms with E-state index in [-0.39, 0.29) is 17.6 Å². The Bertz CT molecular complexity index is 840. The Morgan fingerprint density at radius 3 is 2.92 bits per heavy atom. The number of nitrogens with one attached hydrogen (secondary N) is 1. The third-order valence-electron chi connectivity index (χ3n) is 3.92. The molecule has 0 fully saturated rings. The van der Waals surface area contributed by atoms with Gasteiger partial charge < -0.3 is 0 Å². The zero-order valence-electron chi connectivity index (χ0n) is 13.1. The summed E-state index contributed by atoms with van der Waals surface area (Å²) in [5, 5.41) is 4.39. The van der Waals surface area contributed by atoms with Crippen LogP contribution in [0.1, 0.15) is 17.3 Å². The molecule has 0 unspecified atom stereocenters. The molecule has 0 spiro atoms. The molecule has 2 heterocycles. The van der Waals surface area contributed by atoms with Crippen LogP contribution in [0, 0.1) is 5.82 Å². The van der Waals surface area contributed by atoms with Gasteiger partial charge in [-0.05, 0) is 23.8 Å². The highest BCUT2D eigenvalue weighted by atomic mass is 35.5. The molecular formula is C15H18ClFN4O2S. The van der Waals surface area contributed by atoms with Crippen molar-refractivity contribution >= 4 is 21.6 Å². The Hall–Kier alpha value is -1.48. The zero-order valence-corrected chi connectivity index (χ0v) is 14.7. The summed E-state index contributed by atoms with van der Waals surface area (Å²) in [7, 11) is -3.27. The molecule has 0 saturated carbocycles. The quantitative estimate of drug-likeness (QED) is 0.868. The van der Waals surface area contributed by atoms with Crippen LogP contribution in [-0.2, 0) is 23.1 Å². The Morgan fingerprint density at radius 2 is 2.21 bits per heavy atom. The molecule has 0 saturated heterocycles. The SMILES string of the molecule is CS(=O)(=O)NC[C@@H]1CN(Cc2ccc(Cl)c(F)c2)Cc2ccnn21. The first-order valence-corrected chi connectivity index (χ1v) is 9.72. The molecule has 2 aromatic rings. The first kappa shape index (κ1) is 17.3. The van der Waals surface area contributed by atoms with E-state index in [1.54, 1.807) is 18.3 Å². The Balaban J connectivity index is 1.75. The maximum Gasteiger partial charge on any atom is 0.208 e. The van der Waals surface area contributed by atoms with Crippen LogP contribution >= 0.6 is 11.6 Å². The van der Waals surface area contributed by atoms with Crippen LogP contribution in [0.25, 0.3) is 0 Å². The van der Waals surface area contributed by atoms with Gasteiger partial charge >= 0.3 is 0 Å². The largest absolute Gasteiger partial charge is 0.291 e. The topological polar surface area (TPSA) is 67.2 Å². The van der Waals surface area contributed by atoms with Gasteiger partial charge in [0, 0.05) is 32.4 Å². The number of rotatable bonds is 5. The van der Waals surface area contributed by atoms with Crippen molar-refractivity contribution < 1.29 is 12.8 Å². The van der Waals surface area contributed by atoms with Gasteiger partial charge in [-0.2, -0.15) is 5.10 Å². The van der Waals surface area contributed by atoms with Gasteiger partial charge in [-0.3, -0.25) is 9.58 Å². The molecule has 1 aliphatic heterocycles. The summed E-state index contributed by atoms with van der Waals surface area (Å²) in [4.78, 5) is 2.13. The van der Waals surface area contributed by atoms with Crippen molar-refractivity contribution in [3.63, 3.8) is 0 Å². The van der Waals surface area contributed by atoms with E-state index < -0.39 is 15.8 Å². The summed E-state index contributed by atoms with van der Waals surface area (Å²) in [5.41, 5.74) is 1.82. The fourth-order valence-electron chi connectivity index (χ4n) is 2.88. The van der Waals surface area contributed by atoms with Crippen molar-refractivity contribution in [2.24, 2.45) is 0 Å². The lowest BCUT2D eigenvalue weighted by Gasteiger charge is -2.34. The van der Waals surface area contributed by atoms with Crippen molar-refractivity contribution in [3.8, 4) is 0 Å². The van der Waals surface area contributed by atoms with Crippen molar-refractivity contribution in [2.45, 2.75) is 19.1 Å². The standard InChI is InChI=1S/C15H18ClFN4O2S/c1-24(22,23)19-7-13-10-20(9-12-4-5-18-21(12)13)8-11-2-3-14(16)15(17)6-11/h2-6,13,19H,7-10H2,1H3/t13-/m1/s1. The van der Waals surface area contributed by atoms with E-state index in [1.165, 1.54) is 6.07 Å². The van der Waals surface area contributed by atoms with E-state index in [0.29, 0.717) is 19.6 Å². The predicted molar refractivity (Wildman–Crippen MR) is 89.6 cm³/mol. The Kier molecular flexibility index (Phi) is 4.91. The van der Waals surface area contributed by atoms with E-state index >= 15 is 0 Å². The highest BCUT2D eigenvalue weighted by molar-refractivity contribution is 7.88. The molecule has 0 radical (unpaired) electrons. The molecule has 3 rings (SSSR count). The molecule has 9 heteroatoms. The van der Waals surface area contributed by atoms with Crippen LogP contribution in [0.15, 0.2) is 30.5 Å². The summed E-state index contributed by atoms with van der Waals surface area (Å²) >= 11 is 5.72. The van der Waals surface area contributed by atoms with Gasteiger partial charge in [0.25, 0.3) is 0 Å². The zero-order chi connectivity index (χ0) is 17.3. The van der Waals surface area contributed by atoms with E-state index in [4.69, 9.17) is 11.6 Å². The van der Waals surface area contributed by atoms with Crippen molar-refractivity contribution in [3.05, 3.63) is 52.6 Å². The van der Waals surface area contributed by atoms with Crippen LogP contribution in [0.4, 0.5) is 4.39 Å². The number of hydrogen-bond donors (Lipinski definition) is 1. The lowest BCUT2D eigenvalue weighted by atomic mass is 10.1. The molecule has 1 aromatic heterocycles. The summed E-state index contributed by atoms with van der Waals surface area (Å²) in [6.45, 7) is 2.09. The molecule has 1 aliphatic rings. The highest BCUT2D eigenvalue weighted by Crippen LogP contribution is 2.23. The highest BCUT2D eigenvalue weighted by Gasteiger charge is 2.26. The molecule has 0 bridgehead atoms. The van der Waals surface area contributed by atoms with Gasteiger partial charge in [-0.1, -0.05) is 17.7 Å². The van der Waals surface area contributed by atoms with E-state index in [9.17, 15) is 12.8 Å². The second kappa shape index (κ2) is 6.79. The smallest absolute Gasteiger partial charge is 0.208 e. The average Bonchev–Trinajstić information content (AvgIpc) is 2.96. The minimum absolute atomic E-state index is 0.102. The van der Waals surface area contributed by atoms with E-state index in [0.717, 1.165) is 17.5 Å². The van der Waals surface area contributed by atoms with E-state index in [2.05, 4.69) is 14.7 Å². The lowest BCUT2D eigenvalue weighted by molar-refractivity contribution is 0.168. The third-order valence-corrected chi connectivity index (χ3v) is 4.92. The van der Waals surface area contributed by atoms with Gasteiger partial charge in [-0.25, -0.2) is 17.5 Å². The number of halogens is 2. The Labute approximate surface area is 145 Å².